The molecule has 0 spiro atoms. The Bertz CT molecular complexity index is 362. The molecule has 2 rings (SSSR count). The molecule has 0 saturated heterocycles. The largest absolute Gasteiger partial charge is 0.351 e. The first-order valence-corrected chi connectivity index (χ1v) is 5.92. The third-order valence-corrected chi connectivity index (χ3v) is 2.98. The molecule has 0 aliphatic carbocycles. The van der Waals surface area contributed by atoms with E-state index in [4.69, 9.17) is 0 Å². The van der Waals surface area contributed by atoms with E-state index in [1.807, 2.05) is 0 Å². The summed E-state index contributed by atoms with van der Waals surface area (Å²) < 4.78 is 0. The highest BCUT2D eigenvalue weighted by Gasteiger charge is 2.10. The Labute approximate surface area is 98.1 Å². The average molecular weight is 213 g/mol. The highest BCUT2D eigenvalue weighted by molar-refractivity contribution is 5.17. The second kappa shape index (κ2) is 5.02. The van der Waals surface area contributed by atoms with Crippen molar-refractivity contribution in [3.8, 4) is 0 Å². The van der Waals surface area contributed by atoms with Crippen LogP contribution in [0.2, 0.25) is 0 Å². The normalized spacial score (nSPS) is 16.1. The number of hydrogen-bond acceptors (Lipinski definition) is 1. The molecule has 0 bridgehead atoms. The minimum Gasteiger partial charge on any atom is -0.351 e. The number of rotatable bonds is 3. The lowest BCUT2D eigenvalue weighted by Gasteiger charge is -2.23. The van der Waals surface area contributed by atoms with E-state index in [2.05, 4.69) is 73.6 Å². The Kier molecular flexibility index (Phi) is 3.45. The molecule has 16 heavy (non-hydrogen) atoms. The van der Waals surface area contributed by atoms with E-state index in [-0.39, 0.29) is 0 Å². The Hall–Kier alpha value is -1.50. The molecule has 0 saturated carbocycles. The molecule has 0 fully saturated rings. The summed E-state index contributed by atoms with van der Waals surface area (Å²) in [5, 5.41) is 0. The van der Waals surface area contributed by atoms with Gasteiger partial charge in [-0.2, -0.15) is 0 Å². The standard InChI is InChI=1S/C15H19N/c1-13(2)15-8-10-16(11-9-15)12-14-6-4-3-5-7-14/h3-11,13,15H,12H2,1-2H3. The van der Waals surface area contributed by atoms with Gasteiger partial charge in [-0.15, -0.1) is 0 Å². The molecule has 0 unspecified atom stereocenters. The average Bonchev–Trinajstić information content (AvgIpc) is 2.31. The van der Waals surface area contributed by atoms with Gasteiger partial charge in [0.05, 0.1) is 0 Å². The van der Waals surface area contributed by atoms with Gasteiger partial charge in [0.1, 0.15) is 0 Å². The predicted octanol–water partition coefficient (Wildman–Crippen LogP) is 3.80. The topological polar surface area (TPSA) is 3.24 Å². The number of hydrogen-bond donors (Lipinski definition) is 0. The van der Waals surface area contributed by atoms with Crippen LogP contribution >= 0.6 is 0 Å². The van der Waals surface area contributed by atoms with Crippen LogP contribution in [-0.4, -0.2) is 4.90 Å². The molecule has 1 aromatic rings. The van der Waals surface area contributed by atoms with Gasteiger partial charge in [0.25, 0.3) is 0 Å². The maximum absolute atomic E-state index is 2.29. The summed E-state index contributed by atoms with van der Waals surface area (Å²) in [5.41, 5.74) is 1.35. The number of benzene rings is 1. The molecular formula is C15H19N. The molecule has 0 amide bonds. The smallest absolute Gasteiger partial charge is 0.0469 e. The lowest BCUT2D eigenvalue weighted by atomic mass is 9.94. The molecule has 84 valence electrons. The van der Waals surface area contributed by atoms with Crippen molar-refractivity contribution in [3.63, 3.8) is 0 Å². The molecule has 1 heterocycles. The Balaban J connectivity index is 1.95. The van der Waals surface area contributed by atoms with Crippen molar-refractivity contribution in [2.45, 2.75) is 20.4 Å². The molecule has 1 aliphatic rings. The van der Waals surface area contributed by atoms with Crippen LogP contribution in [0.5, 0.6) is 0 Å². The van der Waals surface area contributed by atoms with Gasteiger partial charge in [0.15, 0.2) is 0 Å². The third-order valence-electron chi connectivity index (χ3n) is 2.98. The summed E-state index contributed by atoms with van der Waals surface area (Å²) in [6.07, 6.45) is 8.95. The van der Waals surface area contributed by atoms with E-state index in [1.54, 1.807) is 0 Å². The van der Waals surface area contributed by atoms with Gasteiger partial charge < -0.3 is 4.90 Å². The van der Waals surface area contributed by atoms with Crippen LogP contribution in [0.3, 0.4) is 0 Å². The molecule has 0 N–H and O–H groups in total. The highest BCUT2D eigenvalue weighted by atomic mass is 15.1. The van der Waals surface area contributed by atoms with Crippen molar-refractivity contribution in [2.24, 2.45) is 11.8 Å². The van der Waals surface area contributed by atoms with Gasteiger partial charge in [-0.25, -0.2) is 0 Å². The van der Waals surface area contributed by atoms with Gasteiger partial charge in [-0.3, -0.25) is 0 Å². The molecule has 1 nitrogen and oxygen atoms in total. The molecule has 0 radical (unpaired) electrons. The molecular weight excluding hydrogens is 194 g/mol. The van der Waals surface area contributed by atoms with Gasteiger partial charge in [0, 0.05) is 24.9 Å². The van der Waals surface area contributed by atoms with E-state index >= 15 is 0 Å². The van der Waals surface area contributed by atoms with Gasteiger partial charge in [-0.05, 0) is 11.5 Å². The molecule has 1 heteroatoms. The fraction of sp³-hybridized carbons (Fsp3) is 0.333. The predicted molar refractivity (Wildman–Crippen MR) is 68.6 cm³/mol. The maximum Gasteiger partial charge on any atom is 0.0469 e. The monoisotopic (exact) mass is 213 g/mol. The first kappa shape index (κ1) is 11.0. The first-order chi connectivity index (χ1) is 7.75. The fourth-order valence-corrected chi connectivity index (χ4v) is 1.88. The zero-order chi connectivity index (χ0) is 11.4. The third kappa shape index (κ3) is 2.75. The van der Waals surface area contributed by atoms with Gasteiger partial charge in [0.2, 0.25) is 0 Å². The zero-order valence-corrected chi connectivity index (χ0v) is 10.0. The summed E-state index contributed by atoms with van der Waals surface area (Å²) in [7, 11) is 0. The van der Waals surface area contributed by atoms with Crippen LogP contribution in [0.25, 0.3) is 0 Å². The van der Waals surface area contributed by atoms with Crippen molar-refractivity contribution < 1.29 is 0 Å². The summed E-state index contributed by atoms with van der Waals surface area (Å²) in [6.45, 7) is 5.47. The Morgan fingerprint density at radius 3 is 2.25 bits per heavy atom. The van der Waals surface area contributed by atoms with E-state index < -0.39 is 0 Å². The zero-order valence-electron chi connectivity index (χ0n) is 10.0. The lowest BCUT2D eigenvalue weighted by molar-refractivity contribution is 0.454. The van der Waals surface area contributed by atoms with E-state index in [9.17, 15) is 0 Å². The first-order valence-electron chi connectivity index (χ1n) is 5.92. The van der Waals surface area contributed by atoms with E-state index in [0.29, 0.717) is 11.8 Å². The summed E-state index contributed by atoms with van der Waals surface area (Å²) >= 11 is 0. The van der Waals surface area contributed by atoms with Crippen molar-refractivity contribution in [1.29, 1.82) is 0 Å². The SMILES string of the molecule is CC(C)C1C=CN(Cc2ccccc2)C=C1. The van der Waals surface area contributed by atoms with Crippen LogP contribution in [0.4, 0.5) is 0 Å². The van der Waals surface area contributed by atoms with E-state index in [0.717, 1.165) is 6.54 Å². The van der Waals surface area contributed by atoms with Crippen molar-refractivity contribution in [1.82, 2.24) is 4.90 Å². The van der Waals surface area contributed by atoms with Crippen LogP contribution in [0.1, 0.15) is 19.4 Å². The second-order valence-corrected chi connectivity index (χ2v) is 4.66. The summed E-state index contributed by atoms with van der Waals surface area (Å²) in [6, 6.07) is 10.6. The van der Waals surface area contributed by atoms with Crippen molar-refractivity contribution >= 4 is 0 Å². The quantitative estimate of drug-likeness (QED) is 0.738. The minimum atomic E-state index is 0.590. The Morgan fingerprint density at radius 1 is 1.06 bits per heavy atom. The van der Waals surface area contributed by atoms with Gasteiger partial charge >= 0.3 is 0 Å². The number of nitrogens with zero attached hydrogens (tertiary/aromatic N) is 1. The van der Waals surface area contributed by atoms with Crippen molar-refractivity contribution in [2.75, 3.05) is 0 Å². The molecule has 1 aromatic carbocycles. The van der Waals surface area contributed by atoms with Crippen LogP contribution in [-0.2, 0) is 6.54 Å². The van der Waals surface area contributed by atoms with Crippen LogP contribution in [0.15, 0.2) is 54.9 Å². The van der Waals surface area contributed by atoms with E-state index in [1.165, 1.54) is 5.56 Å². The van der Waals surface area contributed by atoms with Crippen LogP contribution < -0.4 is 0 Å². The lowest BCUT2D eigenvalue weighted by Crippen LogP contribution is -2.15. The Morgan fingerprint density at radius 2 is 1.69 bits per heavy atom. The number of allylic oxidation sites excluding steroid dienone is 2. The minimum absolute atomic E-state index is 0.590. The fourth-order valence-electron chi connectivity index (χ4n) is 1.88. The second-order valence-electron chi connectivity index (χ2n) is 4.66. The summed E-state index contributed by atoms with van der Waals surface area (Å²) in [4.78, 5) is 2.23. The van der Waals surface area contributed by atoms with Crippen molar-refractivity contribution in [3.05, 3.63) is 60.4 Å². The summed E-state index contributed by atoms with van der Waals surface area (Å²) in [5.74, 6) is 1.28. The molecule has 0 atom stereocenters. The highest BCUT2D eigenvalue weighted by Crippen LogP contribution is 2.19. The molecule has 1 aliphatic heterocycles. The maximum atomic E-state index is 2.29. The van der Waals surface area contributed by atoms with Crippen LogP contribution in [0, 0.1) is 11.8 Å². The van der Waals surface area contributed by atoms with Gasteiger partial charge in [-0.1, -0.05) is 56.3 Å². The molecule has 0 aromatic heterocycles.